The minimum atomic E-state index is -0.218. The number of rotatable bonds is 5. The molecule has 2 unspecified atom stereocenters. The zero-order chi connectivity index (χ0) is 14.5. The topological polar surface area (TPSA) is 46.3 Å². The number of amides is 1. The number of hydrogen-bond acceptors (Lipinski definition) is 2. The fraction of sp³-hybridized carbons (Fsp3) is 0.562. The second-order valence-electron chi connectivity index (χ2n) is 5.63. The van der Waals surface area contributed by atoms with Crippen LogP contribution >= 0.6 is 0 Å². The molecule has 0 radical (unpaired) electrons. The van der Waals surface area contributed by atoms with E-state index in [1.165, 1.54) is 12.1 Å². The Morgan fingerprint density at radius 2 is 2.35 bits per heavy atom. The fourth-order valence-corrected chi connectivity index (χ4v) is 2.85. The Bertz CT molecular complexity index is 464. The van der Waals surface area contributed by atoms with E-state index in [1.54, 1.807) is 6.07 Å². The first kappa shape index (κ1) is 15.0. The van der Waals surface area contributed by atoms with Gasteiger partial charge in [-0.15, -0.1) is 0 Å². The molecule has 1 aliphatic rings. The summed E-state index contributed by atoms with van der Waals surface area (Å²) in [6, 6.07) is 6.80. The van der Waals surface area contributed by atoms with Crippen molar-refractivity contribution >= 4 is 5.91 Å². The van der Waals surface area contributed by atoms with Crippen LogP contribution in [0.3, 0.4) is 0 Å². The zero-order valence-electron chi connectivity index (χ0n) is 12.0. The second kappa shape index (κ2) is 6.84. The molecule has 3 nitrogen and oxygen atoms in total. The van der Waals surface area contributed by atoms with Gasteiger partial charge in [-0.2, -0.15) is 0 Å². The fourth-order valence-electron chi connectivity index (χ4n) is 2.85. The molecule has 1 aromatic carbocycles. The third kappa shape index (κ3) is 3.57. The standard InChI is InChI=1S/C16H23FN2O/c1-12(7-8-13-4-2-5-14(17)10-13)16(20)19-9-3-6-15(19)11-18/h2,4-5,10,12,15H,3,6-9,11,18H2,1H3. The number of nitrogens with zero attached hydrogens (tertiary/aromatic N) is 1. The number of aryl methyl sites for hydroxylation is 1. The van der Waals surface area contributed by atoms with E-state index in [0.717, 1.165) is 37.8 Å². The van der Waals surface area contributed by atoms with Gasteiger partial charge in [-0.3, -0.25) is 4.79 Å². The zero-order valence-corrected chi connectivity index (χ0v) is 12.0. The van der Waals surface area contributed by atoms with Gasteiger partial charge in [0.25, 0.3) is 0 Å². The summed E-state index contributed by atoms with van der Waals surface area (Å²) in [5.74, 6) is -0.0658. The average molecular weight is 278 g/mol. The smallest absolute Gasteiger partial charge is 0.225 e. The van der Waals surface area contributed by atoms with Crippen molar-refractivity contribution in [1.29, 1.82) is 0 Å². The third-order valence-corrected chi connectivity index (χ3v) is 4.11. The van der Waals surface area contributed by atoms with E-state index < -0.39 is 0 Å². The molecule has 1 heterocycles. The molecule has 1 amide bonds. The maximum atomic E-state index is 13.1. The predicted octanol–water partition coefficient (Wildman–Crippen LogP) is 2.34. The predicted molar refractivity (Wildman–Crippen MR) is 77.7 cm³/mol. The van der Waals surface area contributed by atoms with Crippen molar-refractivity contribution in [2.24, 2.45) is 11.7 Å². The molecule has 2 rings (SSSR count). The van der Waals surface area contributed by atoms with Gasteiger partial charge in [-0.05, 0) is 43.4 Å². The van der Waals surface area contributed by atoms with Crippen LogP contribution in [0.1, 0.15) is 31.7 Å². The van der Waals surface area contributed by atoms with Gasteiger partial charge in [0.1, 0.15) is 5.82 Å². The summed E-state index contributed by atoms with van der Waals surface area (Å²) < 4.78 is 13.1. The van der Waals surface area contributed by atoms with Gasteiger partial charge in [0.05, 0.1) is 0 Å². The highest BCUT2D eigenvalue weighted by Crippen LogP contribution is 2.21. The van der Waals surface area contributed by atoms with E-state index in [0.29, 0.717) is 6.54 Å². The van der Waals surface area contributed by atoms with Crippen LogP contribution in [-0.2, 0) is 11.2 Å². The van der Waals surface area contributed by atoms with Crippen molar-refractivity contribution in [3.63, 3.8) is 0 Å². The molecular formula is C16H23FN2O. The van der Waals surface area contributed by atoms with Crippen LogP contribution < -0.4 is 5.73 Å². The first-order valence-electron chi connectivity index (χ1n) is 7.37. The van der Waals surface area contributed by atoms with E-state index >= 15 is 0 Å². The number of benzene rings is 1. The summed E-state index contributed by atoms with van der Waals surface area (Å²) in [4.78, 5) is 14.3. The normalized spacial score (nSPS) is 20.1. The van der Waals surface area contributed by atoms with Gasteiger partial charge in [0, 0.05) is 25.0 Å². The molecule has 1 aromatic rings. The molecule has 0 aromatic heterocycles. The van der Waals surface area contributed by atoms with Crippen molar-refractivity contribution in [2.75, 3.05) is 13.1 Å². The molecule has 0 aliphatic carbocycles. The van der Waals surface area contributed by atoms with Gasteiger partial charge in [-0.1, -0.05) is 19.1 Å². The van der Waals surface area contributed by atoms with Gasteiger partial charge in [-0.25, -0.2) is 4.39 Å². The quantitative estimate of drug-likeness (QED) is 0.898. The Morgan fingerprint density at radius 3 is 3.05 bits per heavy atom. The summed E-state index contributed by atoms with van der Waals surface area (Å²) in [5.41, 5.74) is 6.65. The Kier molecular flexibility index (Phi) is 5.12. The summed E-state index contributed by atoms with van der Waals surface area (Å²) in [6.45, 7) is 3.32. The number of carbonyl (C=O) groups is 1. The van der Waals surface area contributed by atoms with Crippen LogP contribution in [-0.4, -0.2) is 29.9 Å². The molecule has 0 bridgehead atoms. The lowest BCUT2D eigenvalue weighted by molar-refractivity contribution is -0.135. The van der Waals surface area contributed by atoms with Gasteiger partial charge in [0.2, 0.25) is 5.91 Å². The molecule has 4 heteroatoms. The van der Waals surface area contributed by atoms with E-state index in [9.17, 15) is 9.18 Å². The first-order chi connectivity index (χ1) is 9.61. The molecule has 1 aliphatic heterocycles. The Labute approximate surface area is 120 Å². The monoisotopic (exact) mass is 278 g/mol. The van der Waals surface area contributed by atoms with Crippen LogP contribution in [0.4, 0.5) is 4.39 Å². The van der Waals surface area contributed by atoms with Gasteiger partial charge >= 0.3 is 0 Å². The minimum Gasteiger partial charge on any atom is -0.338 e. The van der Waals surface area contributed by atoms with Gasteiger partial charge in [0.15, 0.2) is 0 Å². The van der Waals surface area contributed by atoms with Crippen LogP contribution in [0.25, 0.3) is 0 Å². The second-order valence-corrected chi connectivity index (χ2v) is 5.63. The van der Waals surface area contributed by atoms with Crippen LogP contribution in [0.5, 0.6) is 0 Å². The maximum Gasteiger partial charge on any atom is 0.225 e. The van der Waals surface area contributed by atoms with Crippen molar-refractivity contribution in [3.05, 3.63) is 35.6 Å². The Hall–Kier alpha value is -1.42. The summed E-state index contributed by atoms with van der Waals surface area (Å²) in [6.07, 6.45) is 3.53. The molecule has 0 saturated carbocycles. The third-order valence-electron chi connectivity index (χ3n) is 4.11. The minimum absolute atomic E-state index is 0.0367. The highest BCUT2D eigenvalue weighted by atomic mass is 19.1. The molecule has 1 saturated heterocycles. The molecule has 2 N–H and O–H groups in total. The maximum absolute atomic E-state index is 13.1. The number of likely N-dealkylation sites (tertiary alicyclic amines) is 1. The lowest BCUT2D eigenvalue weighted by Gasteiger charge is -2.26. The lowest BCUT2D eigenvalue weighted by atomic mass is 9.99. The molecule has 110 valence electrons. The van der Waals surface area contributed by atoms with Gasteiger partial charge < -0.3 is 10.6 Å². The molecular weight excluding hydrogens is 255 g/mol. The highest BCUT2D eigenvalue weighted by molar-refractivity contribution is 5.79. The number of nitrogens with two attached hydrogens (primary N) is 1. The molecule has 1 fully saturated rings. The number of halogens is 1. The van der Waals surface area contributed by atoms with Crippen molar-refractivity contribution in [3.8, 4) is 0 Å². The van der Waals surface area contributed by atoms with Crippen molar-refractivity contribution in [1.82, 2.24) is 4.90 Å². The largest absolute Gasteiger partial charge is 0.338 e. The lowest BCUT2D eigenvalue weighted by Crippen LogP contribution is -2.42. The van der Waals surface area contributed by atoms with Crippen LogP contribution in [0.15, 0.2) is 24.3 Å². The number of hydrogen-bond donors (Lipinski definition) is 1. The van der Waals surface area contributed by atoms with Crippen molar-refractivity contribution < 1.29 is 9.18 Å². The van der Waals surface area contributed by atoms with Crippen molar-refractivity contribution in [2.45, 2.75) is 38.6 Å². The molecule has 2 atom stereocenters. The summed E-state index contributed by atoms with van der Waals surface area (Å²) in [5, 5.41) is 0. The SMILES string of the molecule is CC(CCc1cccc(F)c1)C(=O)N1CCCC1CN. The average Bonchev–Trinajstić information content (AvgIpc) is 2.92. The first-order valence-corrected chi connectivity index (χ1v) is 7.37. The van der Waals surface area contributed by atoms with E-state index in [1.807, 2.05) is 17.9 Å². The van der Waals surface area contributed by atoms with E-state index in [-0.39, 0.29) is 23.7 Å². The van der Waals surface area contributed by atoms with Crippen LogP contribution in [0, 0.1) is 11.7 Å². The van der Waals surface area contributed by atoms with E-state index in [4.69, 9.17) is 5.73 Å². The highest BCUT2D eigenvalue weighted by Gasteiger charge is 2.30. The molecule has 20 heavy (non-hydrogen) atoms. The Morgan fingerprint density at radius 1 is 1.55 bits per heavy atom. The van der Waals surface area contributed by atoms with E-state index in [2.05, 4.69) is 0 Å². The number of carbonyl (C=O) groups excluding carboxylic acids is 1. The van der Waals surface area contributed by atoms with Crippen LogP contribution in [0.2, 0.25) is 0 Å². The Balaban J connectivity index is 1.88. The summed E-state index contributed by atoms with van der Waals surface area (Å²) >= 11 is 0. The molecule has 0 spiro atoms. The summed E-state index contributed by atoms with van der Waals surface area (Å²) in [7, 11) is 0.